The smallest absolute Gasteiger partial charge is 0.219 e. The van der Waals surface area contributed by atoms with E-state index < -0.39 is 20.9 Å². The lowest BCUT2D eigenvalue weighted by molar-refractivity contribution is 0.0747. The molecular weight excluding hydrogens is 250 g/mol. The molecular formula is C10H14ClNO3S. The Kier molecular flexibility index (Phi) is 3.64. The summed E-state index contributed by atoms with van der Waals surface area (Å²) in [6.07, 6.45) is 0. The average Bonchev–Trinajstić information content (AvgIpc) is 2.03. The zero-order valence-corrected chi connectivity index (χ0v) is 10.6. The van der Waals surface area contributed by atoms with E-state index in [1.54, 1.807) is 18.2 Å². The van der Waals surface area contributed by atoms with Crippen LogP contribution in [0.5, 0.6) is 0 Å². The van der Waals surface area contributed by atoms with Gasteiger partial charge in [-0.25, -0.2) is 13.6 Å². The van der Waals surface area contributed by atoms with Crippen molar-refractivity contribution in [3.8, 4) is 0 Å². The summed E-state index contributed by atoms with van der Waals surface area (Å²) in [5, 5.41) is 14.0. The van der Waals surface area contributed by atoms with Crippen LogP contribution >= 0.6 is 11.6 Å². The molecule has 0 radical (unpaired) electrons. The van der Waals surface area contributed by atoms with Crippen molar-refractivity contribution in [3.05, 3.63) is 34.9 Å². The van der Waals surface area contributed by atoms with E-state index in [-0.39, 0.29) is 5.02 Å². The van der Waals surface area contributed by atoms with E-state index in [1.165, 1.54) is 19.9 Å². The number of rotatable bonds is 3. The van der Waals surface area contributed by atoms with E-state index in [9.17, 15) is 13.5 Å². The molecule has 1 unspecified atom stereocenters. The van der Waals surface area contributed by atoms with Crippen molar-refractivity contribution in [1.29, 1.82) is 0 Å². The van der Waals surface area contributed by atoms with Gasteiger partial charge in [0.1, 0.15) is 5.25 Å². The maximum Gasteiger partial charge on any atom is 0.219 e. The number of hydrogen-bond donors (Lipinski definition) is 2. The molecule has 4 nitrogen and oxygen atoms in total. The van der Waals surface area contributed by atoms with Crippen molar-refractivity contribution in [3.63, 3.8) is 0 Å². The molecule has 1 rings (SSSR count). The van der Waals surface area contributed by atoms with Gasteiger partial charge in [0.25, 0.3) is 0 Å². The summed E-state index contributed by atoms with van der Waals surface area (Å²) < 4.78 is 23.0. The molecule has 0 saturated carbocycles. The highest BCUT2D eigenvalue weighted by atomic mass is 35.5. The van der Waals surface area contributed by atoms with Gasteiger partial charge in [-0.3, -0.25) is 0 Å². The van der Waals surface area contributed by atoms with Gasteiger partial charge in [0.15, 0.2) is 0 Å². The van der Waals surface area contributed by atoms with Crippen LogP contribution in [0.2, 0.25) is 5.02 Å². The summed E-state index contributed by atoms with van der Waals surface area (Å²) in [6.45, 7) is 2.76. The molecule has 0 fully saturated rings. The van der Waals surface area contributed by atoms with Gasteiger partial charge in [-0.15, -0.1) is 0 Å². The fourth-order valence-electron chi connectivity index (χ4n) is 1.65. The van der Waals surface area contributed by atoms with Crippen LogP contribution in [0.1, 0.15) is 24.7 Å². The third kappa shape index (κ3) is 2.95. The Morgan fingerprint density at radius 1 is 1.38 bits per heavy atom. The second-order valence-corrected chi connectivity index (χ2v) is 6.20. The van der Waals surface area contributed by atoms with Crippen molar-refractivity contribution < 1.29 is 13.5 Å². The van der Waals surface area contributed by atoms with Crippen molar-refractivity contribution in [2.24, 2.45) is 5.14 Å². The van der Waals surface area contributed by atoms with Crippen LogP contribution < -0.4 is 5.14 Å². The minimum absolute atomic E-state index is 0.267. The molecule has 0 aliphatic rings. The maximum atomic E-state index is 11.5. The fraction of sp³-hybridized carbons (Fsp3) is 0.400. The van der Waals surface area contributed by atoms with Crippen LogP contribution in [0.15, 0.2) is 24.3 Å². The van der Waals surface area contributed by atoms with E-state index in [0.29, 0.717) is 5.56 Å². The van der Waals surface area contributed by atoms with Crippen molar-refractivity contribution in [2.45, 2.75) is 24.7 Å². The third-order valence-electron chi connectivity index (χ3n) is 2.16. The Morgan fingerprint density at radius 3 is 2.25 bits per heavy atom. The first-order chi connectivity index (χ1) is 7.14. The lowest BCUT2D eigenvalue weighted by atomic mass is 9.98. The molecule has 6 heteroatoms. The highest BCUT2D eigenvalue weighted by Crippen LogP contribution is 2.35. The largest absolute Gasteiger partial charge is 0.389 e. The molecule has 1 atom stereocenters. The minimum atomic E-state index is -3.93. The first-order valence-electron chi connectivity index (χ1n) is 4.62. The fourth-order valence-corrected chi connectivity index (χ4v) is 3.32. The van der Waals surface area contributed by atoms with Gasteiger partial charge < -0.3 is 5.11 Å². The molecule has 0 aliphatic carbocycles. The molecule has 3 N–H and O–H groups in total. The van der Waals surface area contributed by atoms with Gasteiger partial charge in [-0.05, 0) is 25.5 Å². The Labute approximate surface area is 100 Å². The van der Waals surface area contributed by atoms with Crippen LogP contribution in [0, 0.1) is 0 Å². The molecule has 1 aromatic rings. The van der Waals surface area contributed by atoms with Crippen molar-refractivity contribution in [1.82, 2.24) is 0 Å². The highest BCUT2D eigenvalue weighted by Gasteiger charge is 2.38. The summed E-state index contributed by atoms with van der Waals surface area (Å²) in [5.41, 5.74) is -1.20. The number of aliphatic hydroxyl groups is 1. The van der Waals surface area contributed by atoms with Gasteiger partial charge in [0.05, 0.1) is 5.60 Å². The second-order valence-electron chi connectivity index (χ2n) is 4.14. The van der Waals surface area contributed by atoms with Crippen molar-refractivity contribution in [2.75, 3.05) is 0 Å². The van der Waals surface area contributed by atoms with E-state index in [2.05, 4.69) is 0 Å². The summed E-state index contributed by atoms with van der Waals surface area (Å²) >= 11 is 5.90. The summed E-state index contributed by atoms with van der Waals surface area (Å²) in [6, 6.07) is 6.41. The number of halogens is 1. The predicted molar refractivity (Wildman–Crippen MR) is 63.6 cm³/mol. The minimum Gasteiger partial charge on any atom is -0.389 e. The third-order valence-corrected chi connectivity index (χ3v) is 3.99. The van der Waals surface area contributed by atoms with Crippen LogP contribution in [-0.4, -0.2) is 19.1 Å². The van der Waals surface area contributed by atoms with Crippen LogP contribution in [0.3, 0.4) is 0 Å². The standard InChI is InChI=1S/C10H14ClNO3S/c1-10(2,13)9(16(12,14)15)7-5-3-4-6-8(7)11/h3-6,9,13H,1-2H3,(H2,12,14,15). The quantitative estimate of drug-likeness (QED) is 0.866. The zero-order valence-electron chi connectivity index (χ0n) is 9.01. The molecule has 0 aromatic heterocycles. The Balaban J connectivity index is 3.41. The molecule has 90 valence electrons. The lowest BCUT2D eigenvalue weighted by Crippen LogP contribution is -2.38. The van der Waals surface area contributed by atoms with Gasteiger partial charge in [-0.1, -0.05) is 29.8 Å². The zero-order chi connectivity index (χ0) is 12.6. The number of primary sulfonamides is 1. The SMILES string of the molecule is CC(C)(O)C(c1ccccc1Cl)S(N)(=O)=O. The van der Waals surface area contributed by atoms with E-state index >= 15 is 0 Å². The topological polar surface area (TPSA) is 80.4 Å². The Morgan fingerprint density at radius 2 is 1.88 bits per heavy atom. The summed E-state index contributed by atoms with van der Waals surface area (Å²) in [5.74, 6) is 0. The number of sulfonamides is 1. The van der Waals surface area contributed by atoms with Gasteiger partial charge in [-0.2, -0.15) is 0 Å². The van der Waals surface area contributed by atoms with Crippen LogP contribution in [-0.2, 0) is 10.0 Å². The van der Waals surface area contributed by atoms with Gasteiger partial charge in [0.2, 0.25) is 10.0 Å². The maximum absolute atomic E-state index is 11.5. The summed E-state index contributed by atoms with van der Waals surface area (Å²) in [4.78, 5) is 0. The average molecular weight is 264 g/mol. The molecule has 1 aromatic carbocycles. The molecule has 0 amide bonds. The normalized spacial score (nSPS) is 14.8. The predicted octanol–water partition coefficient (Wildman–Crippen LogP) is 1.44. The Bertz CT molecular complexity index is 479. The second kappa shape index (κ2) is 4.33. The molecule has 0 spiro atoms. The highest BCUT2D eigenvalue weighted by molar-refractivity contribution is 7.89. The number of benzene rings is 1. The van der Waals surface area contributed by atoms with Gasteiger partial charge >= 0.3 is 0 Å². The number of nitrogens with two attached hydrogens (primary N) is 1. The first kappa shape index (κ1) is 13.4. The number of hydrogen-bond acceptors (Lipinski definition) is 3. The first-order valence-corrected chi connectivity index (χ1v) is 6.61. The van der Waals surface area contributed by atoms with E-state index in [4.69, 9.17) is 16.7 Å². The molecule has 0 heterocycles. The van der Waals surface area contributed by atoms with E-state index in [1.807, 2.05) is 0 Å². The van der Waals surface area contributed by atoms with Crippen LogP contribution in [0.4, 0.5) is 0 Å². The Hall–Kier alpha value is -0.620. The van der Waals surface area contributed by atoms with Crippen molar-refractivity contribution >= 4 is 21.6 Å². The summed E-state index contributed by atoms with van der Waals surface area (Å²) in [7, 11) is -3.93. The molecule has 0 saturated heterocycles. The van der Waals surface area contributed by atoms with Crippen LogP contribution in [0.25, 0.3) is 0 Å². The molecule has 16 heavy (non-hydrogen) atoms. The molecule has 0 bridgehead atoms. The molecule has 0 aliphatic heterocycles. The lowest BCUT2D eigenvalue weighted by Gasteiger charge is -2.28. The monoisotopic (exact) mass is 263 g/mol. The van der Waals surface area contributed by atoms with Gasteiger partial charge in [0, 0.05) is 5.02 Å². The van der Waals surface area contributed by atoms with E-state index in [0.717, 1.165) is 0 Å².